The van der Waals surface area contributed by atoms with E-state index >= 15 is 0 Å². The standard InChI is InChI=1S/C47H42B2N2/c1-45-26-12-13-27-46(45,2)51-41-29-31(30-48-3)28-35(42(41)49-39-24-15-23-38(45)44(39)51)34-20-14-22-37-43(34)50-40-25-11-10-21-36(40)47(37,32-16-6-4-7-17-32)33-18-8-5-9-19-33/h4-11,14-25,28-29,49-50H,3,12-13,26-27,30H2,1-2H3. The van der Waals surface area contributed by atoms with Crippen LogP contribution in [0, 0.1) is 0 Å². The second-order valence-electron chi connectivity index (χ2n) is 15.7. The molecule has 1 N–H and O–H groups in total. The van der Waals surface area contributed by atoms with Crippen LogP contribution in [0.3, 0.4) is 0 Å². The number of hydrogen-bond acceptors (Lipinski definition) is 2. The average Bonchev–Trinajstić information content (AvgIpc) is 3.39. The quantitative estimate of drug-likeness (QED) is 0.186. The van der Waals surface area contributed by atoms with Gasteiger partial charge in [-0.3, -0.25) is 0 Å². The van der Waals surface area contributed by atoms with E-state index in [1.165, 1.54) is 92.6 Å². The van der Waals surface area contributed by atoms with Gasteiger partial charge in [0.2, 0.25) is 0 Å². The summed E-state index contributed by atoms with van der Waals surface area (Å²) in [5.74, 6) is 0. The predicted octanol–water partition coefficient (Wildman–Crippen LogP) is 8.87. The number of nitrogens with zero attached hydrogens (tertiary/aromatic N) is 1. The van der Waals surface area contributed by atoms with Gasteiger partial charge in [-0.25, -0.2) is 0 Å². The summed E-state index contributed by atoms with van der Waals surface area (Å²) >= 11 is 0. The van der Waals surface area contributed by atoms with Gasteiger partial charge in [0.05, 0.1) is 0 Å². The number of benzene rings is 6. The summed E-state index contributed by atoms with van der Waals surface area (Å²) < 4.78 is 0. The number of nitrogens with one attached hydrogen (secondary N) is 1. The molecule has 2 atom stereocenters. The van der Waals surface area contributed by atoms with Gasteiger partial charge < -0.3 is 0 Å². The molecule has 6 aromatic carbocycles. The van der Waals surface area contributed by atoms with Crippen molar-refractivity contribution in [1.82, 2.24) is 0 Å². The fourth-order valence-corrected chi connectivity index (χ4v) is 10.8. The SMILES string of the molecule is C=BCc1cc(-c2cccc3c2Nc2ccccc2C3(c2ccccc2)c2ccccc2)c2c(c1)N1c3c(cccc3C3(C)CCCCC13C)B2. The molecular weight excluding hydrogens is 614 g/mol. The molecule has 0 saturated heterocycles. The molecule has 51 heavy (non-hydrogen) atoms. The maximum atomic E-state index is 4.20. The second kappa shape index (κ2) is 11.2. The molecule has 1 saturated carbocycles. The van der Waals surface area contributed by atoms with E-state index in [1.54, 1.807) is 5.56 Å². The number of para-hydroxylation sites is 3. The van der Waals surface area contributed by atoms with Gasteiger partial charge in [0, 0.05) is 0 Å². The Labute approximate surface area is 303 Å². The number of rotatable bonds is 5. The number of fused-ring (bicyclic) bond motifs is 7. The van der Waals surface area contributed by atoms with Crippen LogP contribution in [-0.2, 0) is 17.2 Å². The minimum atomic E-state index is -0.498. The topological polar surface area (TPSA) is 15.3 Å². The Hall–Kier alpha value is -5.08. The Bertz CT molecular complexity index is 2330. The van der Waals surface area contributed by atoms with Crippen LogP contribution >= 0.6 is 0 Å². The van der Waals surface area contributed by atoms with Gasteiger partial charge in [-0.1, -0.05) is 0 Å². The molecule has 0 spiro atoms. The molecule has 3 heterocycles. The normalized spacial score (nSPS) is 21.5. The van der Waals surface area contributed by atoms with Crippen LogP contribution in [0.1, 0.15) is 72.9 Å². The predicted molar refractivity (Wildman–Crippen MR) is 219 cm³/mol. The van der Waals surface area contributed by atoms with Crippen molar-refractivity contribution in [1.29, 1.82) is 0 Å². The molecule has 0 aromatic heterocycles. The van der Waals surface area contributed by atoms with Gasteiger partial charge >= 0.3 is 305 Å². The molecule has 1 fully saturated rings. The van der Waals surface area contributed by atoms with Crippen LogP contribution in [0.2, 0.25) is 0 Å². The summed E-state index contributed by atoms with van der Waals surface area (Å²) in [5.41, 5.74) is 18.3. The van der Waals surface area contributed by atoms with Gasteiger partial charge in [-0.05, 0) is 0 Å². The molecule has 0 bridgehead atoms. The van der Waals surface area contributed by atoms with Gasteiger partial charge in [-0.15, -0.1) is 0 Å². The molecule has 3 aliphatic heterocycles. The summed E-state index contributed by atoms with van der Waals surface area (Å²) in [6.07, 6.45) is 5.85. The van der Waals surface area contributed by atoms with Crippen molar-refractivity contribution in [2.75, 3.05) is 10.2 Å². The van der Waals surface area contributed by atoms with Crippen molar-refractivity contribution in [3.63, 3.8) is 0 Å². The van der Waals surface area contributed by atoms with Crippen LogP contribution in [0.5, 0.6) is 0 Å². The van der Waals surface area contributed by atoms with Crippen LogP contribution < -0.4 is 21.1 Å². The van der Waals surface area contributed by atoms with Crippen LogP contribution in [0.25, 0.3) is 11.1 Å². The molecule has 2 unspecified atom stereocenters. The summed E-state index contributed by atoms with van der Waals surface area (Å²) in [7, 11) is 0.924. The van der Waals surface area contributed by atoms with Crippen LogP contribution in [0.15, 0.2) is 133 Å². The number of hydrogen-bond donors (Lipinski definition) is 1. The summed E-state index contributed by atoms with van der Waals surface area (Å²) in [5, 5.41) is 4.04. The second-order valence-corrected chi connectivity index (χ2v) is 15.7. The Kier molecular flexibility index (Phi) is 6.75. The molecule has 1 aliphatic carbocycles. The third-order valence-electron chi connectivity index (χ3n) is 13.2. The molecule has 4 aliphatic rings. The molecule has 10 rings (SSSR count). The van der Waals surface area contributed by atoms with E-state index in [-0.39, 0.29) is 11.0 Å². The van der Waals surface area contributed by atoms with E-state index in [4.69, 9.17) is 0 Å². The van der Waals surface area contributed by atoms with Crippen LogP contribution in [-0.4, -0.2) is 26.2 Å². The Morgan fingerprint density at radius 3 is 2.14 bits per heavy atom. The Morgan fingerprint density at radius 2 is 1.37 bits per heavy atom. The Morgan fingerprint density at radius 1 is 0.706 bits per heavy atom. The third-order valence-corrected chi connectivity index (χ3v) is 13.2. The van der Waals surface area contributed by atoms with Crippen molar-refractivity contribution in [3.05, 3.63) is 167 Å². The Balaban J connectivity index is 1.27. The first kappa shape index (κ1) is 30.7. The fourth-order valence-electron chi connectivity index (χ4n) is 10.8. The summed E-state index contributed by atoms with van der Waals surface area (Å²) in [4.78, 5) is 2.81. The first-order valence-electron chi connectivity index (χ1n) is 18.8. The molecule has 0 radical (unpaired) electrons. The van der Waals surface area contributed by atoms with E-state index in [2.05, 4.69) is 171 Å². The van der Waals surface area contributed by atoms with E-state index in [0.717, 1.165) is 19.3 Å². The molecule has 6 aromatic rings. The minimum absolute atomic E-state index is 0.0198. The van der Waals surface area contributed by atoms with E-state index in [0.29, 0.717) is 0 Å². The third kappa shape index (κ3) is 4.05. The molecule has 0 amide bonds. The van der Waals surface area contributed by atoms with E-state index < -0.39 is 5.41 Å². The zero-order valence-corrected chi connectivity index (χ0v) is 29.7. The van der Waals surface area contributed by atoms with Crippen molar-refractivity contribution < 1.29 is 0 Å². The van der Waals surface area contributed by atoms with Crippen molar-refractivity contribution >= 4 is 54.3 Å². The average molecular weight is 656 g/mol. The molecule has 2 nitrogen and oxygen atoms in total. The van der Waals surface area contributed by atoms with Gasteiger partial charge in [-0.2, -0.15) is 0 Å². The van der Waals surface area contributed by atoms with E-state index in [1.807, 2.05) is 0 Å². The van der Waals surface area contributed by atoms with Gasteiger partial charge in [0.1, 0.15) is 0 Å². The summed E-state index contributed by atoms with van der Waals surface area (Å²) in [6, 6.07) is 50.3. The first-order valence-corrected chi connectivity index (χ1v) is 18.8. The molecule has 246 valence electrons. The van der Waals surface area contributed by atoms with Gasteiger partial charge in [0.25, 0.3) is 0 Å². The van der Waals surface area contributed by atoms with Crippen molar-refractivity contribution in [3.8, 4) is 11.1 Å². The zero-order chi connectivity index (χ0) is 34.4. The van der Waals surface area contributed by atoms with Gasteiger partial charge in [0.15, 0.2) is 0 Å². The van der Waals surface area contributed by atoms with E-state index in [9.17, 15) is 0 Å². The summed E-state index contributed by atoms with van der Waals surface area (Å²) in [6.45, 7) is 11.4. The zero-order valence-electron chi connectivity index (χ0n) is 29.7. The van der Waals surface area contributed by atoms with Crippen LogP contribution in [0.4, 0.5) is 22.7 Å². The van der Waals surface area contributed by atoms with Crippen molar-refractivity contribution in [2.45, 2.75) is 62.2 Å². The monoisotopic (exact) mass is 656 g/mol. The first-order chi connectivity index (χ1) is 25.0. The molecule has 4 heteroatoms. The number of anilines is 4. The maximum absolute atomic E-state index is 4.20. The van der Waals surface area contributed by atoms with Crippen molar-refractivity contribution in [2.24, 2.45) is 0 Å². The molecular formula is C47H42B2N2. The fraction of sp³-hybridized carbons (Fsp3) is 0.213.